The molecule has 0 atom stereocenters. The van der Waals surface area contributed by atoms with Gasteiger partial charge in [-0.15, -0.1) is 0 Å². The summed E-state index contributed by atoms with van der Waals surface area (Å²) in [6.07, 6.45) is 0. The number of nitro benzene ring substituents is 1. The molecule has 0 heterocycles. The van der Waals surface area contributed by atoms with E-state index in [9.17, 15) is 19.7 Å². The molecule has 27 heavy (non-hydrogen) atoms. The Bertz CT molecular complexity index is 867. The number of carbonyl (C=O) groups is 2. The fourth-order valence-corrected chi connectivity index (χ4v) is 2.29. The molecule has 0 radical (unpaired) electrons. The van der Waals surface area contributed by atoms with E-state index in [1.807, 2.05) is 13.8 Å². The van der Waals surface area contributed by atoms with E-state index in [2.05, 4.69) is 16.0 Å². The van der Waals surface area contributed by atoms with Crippen LogP contribution in [0.1, 0.15) is 24.2 Å². The minimum absolute atomic E-state index is 0.0494. The van der Waals surface area contributed by atoms with Gasteiger partial charge in [-0.1, -0.05) is 12.1 Å². The number of hydrogen-bond donors (Lipinski definition) is 3. The average molecular weight is 372 g/mol. The zero-order chi connectivity index (χ0) is 20.0. The first kappa shape index (κ1) is 19.7. The van der Waals surface area contributed by atoms with Gasteiger partial charge in [0.2, 0.25) is 0 Å². The molecule has 0 spiro atoms. The highest BCUT2D eigenvalue weighted by Crippen LogP contribution is 2.28. The summed E-state index contributed by atoms with van der Waals surface area (Å²) < 4.78 is 4.93. The fraction of sp³-hybridized carbons (Fsp3) is 0.222. The number of hydrogen-bond acceptors (Lipinski definition) is 5. The molecule has 0 fully saturated rings. The lowest BCUT2D eigenvalue weighted by Crippen LogP contribution is -2.34. The lowest BCUT2D eigenvalue weighted by atomic mass is 10.1. The Balaban J connectivity index is 2.22. The van der Waals surface area contributed by atoms with Crippen LogP contribution in [0, 0.1) is 10.1 Å². The molecule has 2 rings (SSSR count). The maximum Gasteiger partial charge on any atom is 0.319 e. The van der Waals surface area contributed by atoms with Crippen LogP contribution >= 0.6 is 0 Å². The van der Waals surface area contributed by atoms with Gasteiger partial charge in [0, 0.05) is 17.7 Å². The van der Waals surface area contributed by atoms with Crippen LogP contribution < -0.4 is 20.7 Å². The Morgan fingerprint density at radius 2 is 1.70 bits per heavy atom. The van der Waals surface area contributed by atoms with E-state index in [1.165, 1.54) is 19.2 Å². The van der Waals surface area contributed by atoms with Gasteiger partial charge in [-0.05, 0) is 38.1 Å². The highest BCUT2D eigenvalue weighted by molar-refractivity contribution is 6.07. The topological polar surface area (TPSA) is 123 Å². The predicted molar refractivity (Wildman–Crippen MR) is 101 cm³/mol. The van der Waals surface area contributed by atoms with E-state index >= 15 is 0 Å². The number of methoxy groups -OCH3 is 1. The number of nitrogens with zero attached hydrogens (tertiary/aromatic N) is 1. The monoisotopic (exact) mass is 372 g/mol. The molecule has 0 bridgehead atoms. The molecule has 142 valence electrons. The first-order chi connectivity index (χ1) is 12.8. The summed E-state index contributed by atoms with van der Waals surface area (Å²) in [5, 5.41) is 19.1. The summed E-state index contributed by atoms with van der Waals surface area (Å²) in [6.45, 7) is 3.65. The van der Waals surface area contributed by atoms with E-state index in [0.717, 1.165) is 6.07 Å². The molecule has 0 unspecified atom stereocenters. The van der Waals surface area contributed by atoms with Crippen LogP contribution in [-0.4, -0.2) is 30.0 Å². The number of amides is 3. The predicted octanol–water partition coefficient (Wildman–Crippen LogP) is 3.39. The third kappa shape index (κ3) is 5.18. The van der Waals surface area contributed by atoms with Crippen molar-refractivity contribution >= 4 is 29.0 Å². The number of anilines is 2. The second-order valence-electron chi connectivity index (χ2n) is 5.90. The van der Waals surface area contributed by atoms with Crippen molar-refractivity contribution in [1.82, 2.24) is 5.32 Å². The molecular weight excluding hydrogens is 352 g/mol. The minimum Gasteiger partial charge on any atom is -0.490 e. The Kier molecular flexibility index (Phi) is 6.32. The number of urea groups is 1. The number of benzene rings is 2. The SMILES string of the molecule is COc1ccc(C(=O)Nc2ccccc2NC(=O)NC(C)C)cc1[N+](=O)[O-]. The van der Waals surface area contributed by atoms with Gasteiger partial charge in [0.05, 0.1) is 23.4 Å². The first-order valence-corrected chi connectivity index (χ1v) is 8.12. The third-order valence-electron chi connectivity index (χ3n) is 3.48. The highest BCUT2D eigenvalue weighted by atomic mass is 16.6. The second kappa shape index (κ2) is 8.65. The fourth-order valence-electron chi connectivity index (χ4n) is 2.29. The van der Waals surface area contributed by atoms with E-state index in [-0.39, 0.29) is 23.0 Å². The number of nitrogens with one attached hydrogen (secondary N) is 3. The van der Waals surface area contributed by atoms with E-state index < -0.39 is 16.9 Å². The molecule has 2 aromatic carbocycles. The maximum atomic E-state index is 12.5. The Labute approximate surface area is 155 Å². The van der Waals surface area contributed by atoms with Crippen molar-refractivity contribution in [2.45, 2.75) is 19.9 Å². The summed E-state index contributed by atoms with van der Waals surface area (Å²) in [4.78, 5) is 34.9. The van der Waals surface area contributed by atoms with Gasteiger partial charge in [-0.3, -0.25) is 14.9 Å². The van der Waals surface area contributed by atoms with Gasteiger partial charge in [-0.25, -0.2) is 4.79 Å². The molecule has 0 aliphatic rings. The van der Waals surface area contributed by atoms with Crippen LogP contribution in [0.25, 0.3) is 0 Å². The van der Waals surface area contributed by atoms with E-state index in [1.54, 1.807) is 24.3 Å². The molecule has 0 saturated carbocycles. The summed E-state index contributed by atoms with van der Waals surface area (Å²) in [6, 6.07) is 10.1. The average Bonchev–Trinajstić information content (AvgIpc) is 2.61. The molecule has 3 amide bonds. The molecule has 0 aliphatic heterocycles. The number of carbonyl (C=O) groups excluding carboxylic acids is 2. The van der Waals surface area contributed by atoms with Gasteiger partial charge in [0.1, 0.15) is 0 Å². The molecule has 0 aromatic heterocycles. The number of ether oxygens (including phenoxy) is 1. The van der Waals surface area contributed by atoms with Crippen molar-refractivity contribution < 1.29 is 19.2 Å². The second-order valence-corrected chi connectivity index (χ2v) is 5.90. The zero-order valence-corrected chi connectivity index (χ0v) is 15.1. The van der Waals surface area contributed by atoms with Crippen LogP contribution in [0.4, 0.5) is 21.9 Å². The van der Waals surface area contributed by atoms with Crippen molar-refractivity contribution in [3.63, 3.8) is 0 Å². The molecule has 9 nitrogen and oxygen atoms in total. The van der Waals surface area contributed by atoms with Crippen LogP contribution in [0.5, 0.6) is 5.75 Å². The summed E-state index contributed by atoms with van der Waals surface area (Å²) in [5.74, 6) is -0.497. The zero-order valence-electron chi connectivity index (χ0n) is 15.1. The quantitative estimate of drug-likeness (QED) is 0.530. The molecular formula is C18H20N4O5. The van der Waals surface area contributed by atoms with Crippen molar-refractivity contribution in [3.05, 3.63) is 58.1 Å². The van der Waals surface area contributed by atoms with Gasteiger partial charge >= 0.3 is 11.7 Å². The number of nitro groups is 1. The number of rotatable bonds is 6. The van der Waals surface area contributed by atoms with Gasteiger partial charge in [-0.2, -0.15) is 0 Å². The van der Waals surface area contributed by atoms with Crippen molar-refractivity contribution in [1.29, 1.82) is 0 Å². The summed E-state index contributed by atoms with van der Waals surface area (Å²) >= 11 is 0. The maximum absolute atomic E-state index is 12.5. The van der Waals surface area contributed by atoms with Crippen LogP contribution in [0.15, 0.2) is 42.5 Å². The lowest BCUT2D eigenvalue weighted by Gasteiger charge is -2.14. The van der Waals surface area contributed by atoms with Crippen LogP contribution in [-0.2, 0) is 0 Å². The van der Waals surface area contributed by atoms with E-state index in [4.69, 9.17) is 4.74 Å². The van der Waals surface area contributed by atoms with Crippen molar-refractivity contribution in [3.8, 4) is 5.75 Å². The largest absolute Gasteiger partial charge is 0.490 e. The molecule has 0 aliphatic carbocycles. The van der Waals surface area contributed by atoms with Gasteiger partial charge in [0.15, 0.2) is 5.75 Å². The van der Waals surface area contributed by atoms with Crippen LogP contribution in [0.3, 0.4) is 0 Å². The Morgan fingerprint density at radius 3 is 2.26 bits per heavy atom. The molecule has 9 heteroatoms. The smallest absolute Gasteiger partial charge is 0.319 e. The normalized spacial score (nSPS) is 10.2. The summed E-state index contributed by atoms with van der Waals surface area (Å²) in [5.41, 5.74) is 0.531. The molecule has 2 aromatic rings. The van der Waals surface area contributed by atoms with Crippen molar-refractivity contribution in [2.75, 3.05) is 17.7 Å². The van der Waals surface area contributed by atoms with Gasteiger partial charge < -0.3 is 20.7 Å². The third-order valence-corrected chi connectivity index (χ3v) is 3.48. The standard InChI is InChI=1S/C18H20N4O5/c1-11(2)19-18(24)21-14-7-5-4-6-13(14)20-17(23)12-8-9-16(27-3)15(10-12)22(25)26/h4-11H,1-3H3,(H,20,23)(H2,19,21,24). The van der Waals surface area contributed by atoms with Crippen LogP contribution in [0.2, 0.25) is 0 Å². The van der Waals surface area contributed by atoms with Gasteiger partial charge in [0.25, 0.3) is 5.91 Å². The lowest BCUT2D eigenvalue weighted by molar-refractivity contribution is -0.385. The summed E-state index contributed by atoms with van der Waals surface area (Å²) in [7, 11) is 1.31. The first-order valence-electron chi connectivity index (χ1n) is 8.12. The minimum atomic E-state index is -0.624. The molecule has 3 N–H and O–H groups in total. The highest BCUT2D eigenvalue weighted by Gasteiger charge is 2.19. The van der Waals surface area contributed by atoms with E-state index in [0.29, 0.717) is 11.4 Å². The molecule has 0 saturated heterocycles. The Morgan fingerprint density at radius 1 is 1.07 bits per heavy atom. The Hall–Kier alpha value is -3.62. The van der Waals surface area contributed by atoms with Crippen molar-refractivity contribution in [2.24, 2.45) is 0 Å². The number of para-hydroxylation sites is 2.